The van der Waals surface area contributed by atoms with E-state index in [0.717, 1.165) is 0 Å². The summed E-state index contributed by atoms with van der Waals surface area (Å²) < 4.78 is 40.9. The number of fused-ring (bicyclic) bond motifs is 1. The number of amides is 1. The SMILES string of the molecule is CO[C@@H]1CN(C)C(=O)c2ccc(NS(=O)(=O)c3cn(C)cn3)cc2OC[C@@H](C)NC[C@@H]1C. The molecule has 1 aliphatic rings. The van der Waals surface area contributed by atoms with E-state index in [0.29, 0.717) is 31.0 Å². The van der Waals surface area contributed by atoms with Crippen LogP contribution in [-0.4, -0.2) is 74.8 Å². The van der Waals surface area contributed by atoms with E-state index in [9.17, 15) is 13.2 Å². The number of hydrogen-bond acceptors (Lipinski definition) is 7. The number of ether oxygens (including phenoxy) is 2. The van der Waals surface area contributed by atoms with Crippen LogP contribution in [0.1, 0.15) is 24.2 Å². The van der Waals surface area contributed by atoms with Crippen LogP contribution in [0.15, 0.2) is 35.7 Å². The van der Waals surface area contributed by atoms with E-state index in [1.54, 1.807) is 42.8 Å². The lowest BCUT2D eigenvalue weighted by Crippen LogP contribution is -2.44. The fraction of sp³-hybridized carbons (Fsp3) is 0.524. The first-order valence-electron chi connectivity index (χ1n) is 10.4. The molecule has 2 heterocycles. The molecule has 176 valence electrons. The maximum absolute atomic E-state index is 13.1. The highest BCUT2D eigenvalue weighted by Crippen LogP contribution is 2.27. The Morgan fingerprint density at radius 1 is 1.28 bits per heavy atom. The molecule has 32 heavy (non-hydrogen) atoms. The first-order valence-corrected chi connectivity index (χ1v) is 11.9. The average Bonchev–Trinajstić information content (AvgIpc) is 3.20. The van der Waals surface area contributed by atoms with Crippen LogP contribution < -0.4 is 14.8 Å². The predicted octanol–water partition coefficient (Wildman–Crippen LogP) is 1.31. The van der Waals surface area contributed by atoms with Crippen LogP contribution in [0.4, 0.5) is 5.69 Å². The molecule has 2 aromatic rings. The molecule has 3 rings (SSSR count). The van der Waals surface area contributed by atoms with Gasteiger partial charge in [0.15, 0.2) is 5.03 Å². The summed E-state index contributed by atoms with van der Waals surface area (Å²) in [5, 5.41) is 3.32. The second-order valence-corrected chi connectivity index (χ2v) is 9.88. The zero-order valence-corrected chi connectivity index (χ0v) is 19.8. The fourth-order valence-corrected chi connectivity index (χ4v) is 4.49. The fourth-order valence-electron chi connectivity index (χ4n) is 3.45. The number of hydrogen-bond donors (Lipinski definition) is 2. The molecule has 1 aliphatic heterocycles. The molecule has 0 saturated carbocycles. The van der Waals surface area contributed by atoms with Gasteiger partial charge in [-0.05, 0) is 25.0 Å². The Balaban J connectivity index is 1.91. The van der Waals surface area contributed by atoms with Crippen LogP contribution in [0.5, 0.6) is 5.75 Å². The minimum atomic E-state index is -3.87. The highest BCUT2D eigenvalue weighted by Gasteiger charge is 2.26. The summed E-state index contributed by atoms with van der Waals surface area (Å²) in [6.07, 6.45) is 2.69. The van der Waals surface area contributed by atoms with Gasteiger partial charge < -0.3 is 24.3 Å². The standard InChI is InChI=1S/C21H31N5O5S/c1-14-9-22-15(2)12-31-18-8-16(24-32(28,29)20-11-25(3)13-23-20)6-7-17(18)21(27)26(4)10-19(14)30-5/h6-8,11,13-15,19,22,24H,9-10,12H2,1-5H3/t14-,15+,19+/m0/s1. The summed E-state index contributed by atoms with van der Waals surface area (Å²) in [7, 11) is 1.17. The highest BCUT2D eigenvalue weighted by molar-refractivity contribution is 7.92. The number of carbonyl (C=O) groups excluding carboxylic acids is 1. The zero-order chi connectivity index (χ0) is 23.5. The Hall–Kier alpha value is -2.63. The van der Waals surface area contributed by atoms with Crippen LogP contribution >= 0.6 is 0 Å². The van der Waals surface area contributed by atoms with Crippen molar-refractivity contribution in [2.45, 2.75) is 31.0 Å². The van der Waals surface area contributed by atoms with Crippen molar-refractivity contribution in [2.24, 2.45) is 13.0 Å². The van der Waals surface area contributed by atoms with Crippen LogP contribution in [0.25, 0.3) is 0 Å². The molecule has 0 aliphatic carbocycles. The van der Waals surface area contributed by atoms with E-state index in [1.807, 2.05) is 6.92 Å². The molecule has 0 unspecified atom stereocenters. The summed E-state index contributed by atoms with van der Waals surface area (Å²) in [4.78, 5) is 18.6. The number of aromatic nitrogens is 2. The molecule has 1 amide bonds. The largest absolute Gasteiger partial charge is 0.491 e. The second-order valence-electron chi connectivity index (χ2n) is 8.25. The lowest BCUT2D eigenvalue weighted by Gasteiger charge is -2.30. The number of sulfonamides is 1. The van der Waals surface area contributed by atoms with Gasteiger partial charge >= 0.3 is 0 Å². The number of methoxy groups -OCH3 is 1. The van der Waals surface area contributed by atoms with Gasteiger partial charge in [-0.3, -0.25) is 9.52 Å². The number of imidazole rings is 1. The lowest BCUT2D eigenvalue weighted by atomic mass is 10.0. The molecule has 0 bridgehead atoms. The Bertz CT molecular complexity index is 1050. The van der Waals surface area contributed by atoms with E-state index < -0.39 is 10.0 Å². The van der Waals surface area contributed by atoms with Crippen LogP contribution in [0.3, 0.4) is 0 Å². The van der Waals surface area contributed by atoms with Crippen molar-refractivity contribution in [3.8, 4) is 5.75 Å². The van der Waals surface area contributed by atoms with Crippen molar-refractivity contribution in [3.63, 3.8) is 0 Å². The first-order chi connectivity index (χ1) is 15.1. The van der Waals surface area contributed by atoms with E-state index in [-0.39, 0.29) is 34.7 Å². The van der Waals surface area contributed by atoms with Crippen LogP contribution in [0, 0.1) is 5.92 Å². The number of anilines is 1. The van der Waals surface area contributed by atoms with Crippen molar-refractivity contribution in [1.82, 2.24) is 19.8 Å². The molecular formula is C21H31N5O5S. The van der Waals surface area contributed by atoms with Crippen molar-refractivity contribution >= 4 is 21.6 Å². The van der Waals surface area contributed by atoms with Crippen molar-refractivity contribution in [3.05, 3.63) is 36.3 Å². The smallest absolute Gasteiger partial charge is 0.280 e. The van der Waals surface area contributed by atoms with Gasteiger partial charge in [-0.25, -0.2) is 4.98 Å². The van der Waals surface area contributed by atoms with Gasteiger partial charge in [0.2, 0.25) is 0 Å². The summed E-state index contributed by atoms with van der Waals surface area (Å²) in [5.41, 5.74) is 0.629. The number of nitrogens with one attached hydrogen (secondary N) is 2. The van der Waals surface area contributed by atoms with E-state index >= 15 is 0 Å². The molecule has 3 atom stereocenters. The quantitative estimate of drug-likeness (QED) is 0.700. The number of likely N-dealkylation sites (N-methyl/N-ethyl adjacent to an activating group) is 1. The van der Waals surface area contributed by atoms with Gasteiger partial charge in [-0.1, -0.05) is 6.92 Å². The van der Waals surface area contributed by atoms with Gasteiger partial charge in [0.1, 0.15) is 12.4 Å². The third-order valence-electron chi connectivity index (χ3n) is 5.44. The van der Waals surface area contributed by atoms with Crippen LogP contribution in [-0.2, 0) is 21.8 Å². The Morgan fingerprint density at radius 3 is 2.69 bits per heavy atom. The maximum atomic E-state index is 13.1. The molecule has 10 nitrogen and oxygen atoms in total. The summed E-state index contributed by atoms with van der Waals surface area (Å²) >= 11 is 0. The number of aryl methyl sites for hydroxylation is 1. The van der Waals surface area contributed by atoms with E-state index in [4.69, 9.17) is 9.47 Å². The number of carbonyl (C=O) groups is 1. The topological polar surface area (TPSA) is 115 Å². The number of nitrogens with zero attached hydrogens (tertiary/aromatic N) is 3. The van der Waals surface area contributed by atoms with Gasteiger partial charge in [0.05, 0.1) is 23.7 Å². The second kappa shape index (κ2) is 9.88. The lowest BCUT2D eigenvalue weighted by molar-refractivity contribution is 0.0281. The van der Waals surface area contributed by atoms with E-state index in [1.165, 1.54) is 18.6 Å². The van der Waals surface area contributed by atoms with Gasteiger partial charge in [0, 0.05) is 52.6 Å². The monoisotopic (exact) mass is 465 g/mol. The molecule has 2 N–H and O–H groups in total. The van der Waals surface area contributed by atoms with E-state index in [2.05, 4.69) is 21.9 Å². The number of rotatable bonds is 4. The normalized spacial score (nSPS) is 23.0. The number of benzene rings is 1. The predicted molar refractivity (Wildman–Crippen MR) is 120 cm³/mol. The third-order valence-corrected chi connectivity index (χ3v) is 6.70. The molecule has 1 aromatic heterocycles. The van der Waals surface area contributed by atoms with Gasteiger partial charge in [-0.2, -0.15) is 8.42 Å². The maximum Gasteiger partial charge on any atom is 0.280 e. The highest BCUT2D eigenvalue weighted by atomic mass is 32.2. The molecular weight excluding hydrogens is 434 g/mol. The van der Waals surface area contributed by atoms with Gasteiger partial charge in [-0.15, -0.1) is 0 Å². The molecule has 0 fully saturated rings. The minimum Gasteiger partial charge on any atom is -0.491 e. The summed E-state index contributed by atoms with van der Waals surface area (Å²) in [6, 6.07) is 4.65. The summed E-state index contributed by atoms with van der Waals surface area (Å²) in [5.74, 6) is 0.272. The zero-order valence-electron chi connectivity index (χ0n) is 19.0. The Morgan fingerprint density at radius 2 is 2.03 bits per heavy atom. The third kappa shape index (κ3) is 5.59. The first kappa shape index (κ1) is 24.0. The minimum absolute atomic E-state index is 0.0175. The molecule has 0 spiro atoms. The molecule has 1 aromatic carbocycles. The van der Waals surface area contributed by atoms with Gasteiger partial charge in [0.25, 0.3) is 15.9 Å². The molecule has 11 heteroatoms. The Kier molecular flexibility index (Phi) is 7.42. The van der Waals surface area contributed by atoms with Crippen molar-refractivity contribution in [2.75, 3.05) is 38.6 Å². The summed E-state index contributed by atoms with van der Waals surface area (Å²) in [6.45, 7) is 5.50. The molecule has 0 radical (unpaired) electrons. The Labute approximate surface area is 189 Å². The molecule has 0 saturated heterocycles. The van der Waals surface area contributed by atoms with Crippen molar-refractivity contribution in [1.29, 1.82) is 0 Å². The van der Waals surface area contributed by atoms with Crippen LogP contribution in [0.2, 0.25) is 0 Å². The van der Waals surface area contributed by atoms with Crippen molar-refractivity contribution < 1.29 is 22.7 Å². The average molecular weight is 466 g/mol.